The predicted molar refractivity (Wildman–Crippen MR) is 61.3 cm³/mol. The van der Waals surface area contributed by atoms with Gasteiger partial charge in [-0.25, -0.2) is 0 Å². The Morgan fingerprint density at radius 2 is 2.47 bits per heavy atom. The second-order valence-electron chi connectivity index (χ2n) is 4.34. The highest BCUT2D eigenvalue weighted by atomic mass is 15.1. The number of likely N-dealkylation sites (tertiary alicyclic amines) is 1. The number of rotatable bonds is 3. The highest BCUT2D eigenvalue weighted by molar-refractivity contribution is 5.08. The Morgan fingerprint density at radius 1 is 1.53 bits per heavy atom. The number of piperidine rings is 1. The van der Waals surface area contributed by atoms with E-state index in [9.17, 15) is 0 Å². The normalized spacial score (nSPS) is 22.9. The van der Waals surface area contributed by atoms with Crippen LogP contribution in [0, 0.1) is 5.92 Å². The van der Waals surface area contributed by atoms with E-state index in [1.54, 1.807) is 0 Å². The van der Waals surface area contributed by atoms with Gasteiger partial charge in [0.15, 0.2) is 0 Å². The van der Waals surface area contributed by atoms with Gasteiger partial charge in [0.25, 0.3) is 0 Å². The average molecular weight is 205 g/mol. The minimum absolute atomic E-state index is 0.690. The fourth-order valence-corrected chi connectivity index (χ4v) is 2.24. The second-order valence-corrected chi connectivity index (χ2v) is 4.34. The molecule has 0 amide bonds. The monoisotopic (exact) mass is 205 g/mol. The van der Waals surface area contributed by atoms with Gasteiger partial charge < -0.3 is 5.73 Å². The van der Waals surface area contributed by atoms with Gasteiger partial charge in [-0.2, -0.15) is 0 Å². The van der Waals surface area contributed by atoms with Crippen LogP contribution in [0.15, 0.2) is 24.5 Å². The SMILES string of the molecule is NCC1CCCN(Cc2cccnc2)C1. The van der Waals surface area contributed by atoms with E-state index in [0.717, 1.165) is 19.6 Å². The Morgan fingerprint density at radius 3 is 3.20 bits per heavy atom. The first-order valence-electron chi connectivity index (χ1n) is 5.70. The van der Waals surface area contributed by atoms with E-state index in [1.165, 1.54) is 24.9 Å². The van der Waals surface area contributed by atoms with Gasteiger partial charge in [0, 0.05) is 25.5 Å². The molecule has 1 fully saturated rings. The first-order chi connectivity index (χ1) is 7.38. The van der Waals surface area contributed by atoms with Gasteiger partial charge in [0.2, 0.25) is 0 Å². The van der Waals surface area contributed by atoms with Crippen molar-refractivity contribution < 1.29 is 0 Å². The average Bonchev–Trinajstić information content (AvgIpc) is 2.31. The fraction of sp³-hybridized carbons (Fsp3) is 0.583. The van der Waals surface area contributed by atoms with Crippen LogP contribution in [0.1, 0.15) is 18.4 Å². The van der Waals surface area contributed by atoms with Crippen molar-refractivity contribution in [2.24, 2.45) is 11.7 Å². The predicted octanol–water partition coefficient (Wildman–Crippen LogP) is 1.25. The van der Waals surface area contributed by atoms with Gasteiger partial charge in [-0.15, -0.1) is 0 Å². The van der Waals surface area contributed by atoms with Crippen LogP contribution in [0.25, 0.3) is 0 Å². The molecule has 0 aromatic carbocycles. The summed E-state index contributed by atoms with van der Waals surface area (Å²) in [6.45, 7) is 4.19. The molecule has 1 saturated heterocycles. The number of aromatic nitrogens is 1. The van der Waals surface area contributed by atoms with Crippen LogP contribution in [0.2, 0.25) is 0 Å². The molecule has 0 bridgehead atoms. The third-order valence-corrected chi connectivity index (χ3v) is 3.07. The van der Waals surface area contributed by atoms with Crippen LogP contribution in [-0.4, -0.2) is 29.5 Å². The molecule has 0 radical (unpaired) electrons. The van der Waals surface area contributed by atoms with Gasteiger partial charge in [-0.05, 0) is 43.5 Å². The second kappa shape index (κ2) is 5.24. The molecule has 15 heavy (non-hydrogen) atoms. The van der Waals surface area contributed by atoms with Crippen LogP contribution >= 0.6 is 0 Å². The lowest BCUT2D eigenvalue weighted by atomic mass is 9.98. The molecule has 2 N–H and O–H groups in total. The fourth-order valence-electron chi connectivity index (χ4n) is 2.24. The summed E-state index contributed by atoms with van der Waals surface area (Å²) in [5.74, 6) is 0.690. The van der Waals surface area contributed by atoms with Gasteiger partial charge in [-0.3, -0.25) is 9.88 Å². The third-order valence-electron chi connectivity index (χ3n) is 3.07. The molecule has 82 valence electrons. The number of hydrogen-bond donors (Lipinski definition) is 1. The zero-order valence-electron chi connectivity index (χ0n) is 9.10. The Hall–Kier alpha value is -0.930. The molecule has 0 spiro atoms. The first kappa shape index (κ1) is 10.6. The summed E-state index contributed by atoms with van der Waals surface area (Å²) in [6.07, 6.45) is 6.34. The van der Waals surface area contributed by atoms with E-state index >= 15 is 0 Å². The molecule has 3 heteroatoms. The Kier molecular flexibility index (Phi) is 3.69. The lowest BCUT2D eigenvalue weighted by Gasteiger charge is -2.31. The van der Waals surface area contributed by atoms with Crippen LogP contribution in [0.3, 0.4) is 0 Å². The molecule has 1 aromatic heterocycles. The summed E-state index contributed by atoms with van der Waals surface area (Å²) in [4.78, 5) is 6.62. The number of hydrogen-bond acceptors (Lipinski definition) is 3. The molecule has 2 rings (SSSR count). The van der Waals surface area contributed by atoms with Crippen LogP contribution in [0.5, 0.6) is 0 Å². The number of nitrogens with zero attached hydrogens (tertiary/aromatic N) is 2. The lowest BCUT2D eigenvalue weighted by Crippen LogP contribution is -2.37. The maximum absolute atomic E-state index is 5.72. The highest BCUT2D eigenvalue weighted by Gasteiger charge is 2.18. The minimum atomic E-state index is 0.690. The summed E-state index contributed by atoms with van der Waals surface area (Å²) in [5.41, 5.74) is 7.02. The molecule has 1 unspecified atom stereocenters. The zero-order chi connectivity index (χ0) is 10.5. The Labute approximate surface area is 91.3 Å². The van der Waals surface area contributed by atoms with Crippen molar-refractivity contribution in [1.29, 1.82) is 0 Å². The summed E-state index contributed by atoms with van der Waals surface area (Å²) in [5, 5.41) is 0. The van der Waals surface area contributed by atoms with Crippen molar-refractivity contribution in [2.45, 2.75) is 19.4 Å². The summed E-state index contributed by atoms with van der Waals surface area (Å²) in [6, 6.07) is 4.14. The van der Waals surface area contributed by atoms with Crippen LogP contribution in [-0.2, 0) is 6.54 Å². The van der Waals surface area contributed by atoms with Gasteiger partial charge in [0.05, 0.1) is 0 Å². The molecule has 1 aliphatic rings. The molecular weight excluding hydrogens is 186 g/mol. The van der Waals surface area contributed by atoms with E-state index in [-0.39, 0.29) is 0 Å². The lowest BCUT2D eigenvalue weighted by molar-refractivity contribution is 0.171. The maximum Gasteiger partial charge on any atom is 0.0312 e. The van der Waals surface area contributed by atoms with E-state index < -0.39 is 0 Å². The topological polar surface area (TPSA) is 42.1 Å². The smallest absolute Gasteiger partial charge is 0.0312 e. The Balaban J connectivity index is 1.89. The third kappa shape index (κ3) is 3.01. The molecule has 0 saturated carbocycles. The molecular formula is C12H19N3. The standard InChI is InChI=1S/C12H19N3/c13-7-11-4-2-6-15(9-11)10-12-3-1-5-14-8-12/h1,3,5,8,11H,2,4,6-7,9-10,13H2. The van der Waals surface area contributed by atoms with Crippen LogP contribution in [0.4, 0.5) is 0 Å². The first-order valence-corrected chi connectivity index (χ1v) is 5.70. The van der Waals surface area contributed by atoms with E-state index in [1.807, 2.05) is 18.5 Å². The van der Waals surface area contributed by atoms with E-state index in [4.69, 9.17) is 5.73 Å². The van der Waals surface area contributed by atoms with Gasteiger partial charge in [0.1, 0.15) is 0 Å². The minimum Gasteiger partial charge on any atom is -0.330 e. The van der Waals surface area contributed by atoms with Crippen molar-refractivity contribution in [3.8, 4) is 0 Å². The summed E-state index contributed by atoms with van der Waals surface area (Å²) < 4.78 is 0. The van der Waals surface area contributed by atoms with Crippen molar-refractivity contribution >= 4 is 0 Å². The molecule has 1 atom stereocenters. The maximum atomic E-state index is 5.72. The number of nitrogens with two attached hydrogens (primary N) is 1. The molecule has 3 nitrogen and oxygen atoms in total. The highest BCUT2D eigenvalue weighted by Crippen LogP contribution is 2.17. The van der Waals surface area contributed by atoms with Crippen LogP contribution < -0.4 is 5.73 Å². The van der Waals surface area contributed by atoms with E-state index in [2.05, 4.69) is 16.0 Å². The number of pyridine rings is 1. The van der Waals surface area contributed by atoms with E-state index in [0.29, 0.717) is 5.92 Å². The van der Waals surface area contributed by atoms with Crippen molar-refractivity contribution in [3.63, 3.8) is 0 Å². The van der Waals surface area contributed by atoms with Gasteiger partial charge >= 0.3 is 0 Å². The van der Waals surface area contributed by atoms with Crippen molar-refractivity contribution in [3.05, 3.63) is 30.1 Å². The largest absolute Gasteiger partial charge is 0.330 e. The van der Waals surface area contributed by atoms with Crippen molar-refractivity contribution in [1.82, 2.24) is 9.88 Å². The molecule has 1 aliphatic heterocycles. The molecule has 2 heterocycles. The summed E-state index contributed by atoms with van der Waals surface area (Å²) in [7, 11) is 0. The quantitative estimate of drug-likeness (QED) is 0.807. The molecule has 1 aromatic rings. The van der Waals surface area contributed by atoms with Crippen molar-refractivity contribution in [2.75, 3.05) is 19.6 Å². The molecule has 0 aliphatic carbocycles. The zero-order valence-corrected chi connectivity index (χ0v) is 9.10. The van der Waals surface area contributed by atoms with Gasteiger partial charge in [-0.1, -0.05) is 6.07 Å². The summed E-state index contributed by atoms with van der Waals surface area (Å²) >= 11 is 0. The Bertz CT molecular complexity index is 286.